The minimum atomic E-state index is 0.218. The van der Waals surface area contributed by atoms with E-state index in [1.54, 1.807) is 0 Å². The van der Waals surface area contributed by atoms with E-state index in [-0.39, 0.29) is 6.61 Å². The van der Waals surface area contributed by atoms with Gasteiger partial charge in [0.25, 0.3) is 0 Å². The van der Waals surface area contributed by atoms with Gasteiger partial charge in [-0.1, -0.05) is 6.92 Å². The maximum absolute atomic E-state index is 8.93. The molecule has 0 spiro atoms. The quantitative estimate of drug-likeness (QED) is 0.761. The van der Waals surface area contributed by atoms with E-state index in [0.29, 0.717) is 13.4 Å². The van der Waals surface area contributed by atoms with Crippen molar-refractivity contribution in [3.05, 3.63) is 23.3 Å². The van der Waals surface area contributed by atoms with Crippen molar-refractivity contribution in [2.45, 2.75) is 26.5 Å². The number of hydrogen-bond donors (Lipinski definition) is 2. The molecule has 5 heteroatoms. The third-order valence-electron chi connectivity index (χ3n) is 3.28. The fourth-order valence-electron chi connectivity index (χ4n) is 2.33. The molecule has 1 aromatic rings. The van der Waals surface area contributed by atoms with Crippen molar-refractivity contribution in [1.82, 2.24) is 4.90 Å². The third-order valence-corrected chi connectivity index (χ3v) is 3.28. The van der Waals surface area contributed by atoms with E-state index in [9.17, 15) is 0 Å². The van der Waals surface area contributed by atoms with Gasteiger partial charge in [-0.3, -0.25) is 4.90 Å². The number of anilines is 1. The molecule has 1 aliphatic rings. The first kappa shape index (κ1) is 14.1. The maximum Gasteiger partial charge on any atom is 0.189 e. The zero-order chi connectivity index (χ0) is 13.7. The van der Waals surface area contributed by atoms with Crippen LogP contribution in [0, 0.1) is 0 Å². The van der Waals surface area contributed by atoms with Gasteiger partial charge in [0, 0.05) is 36.5 Å². The van der Waals surface area contributed by atoms with Gasteiger partial charge >= 0.3 is 0 Å². The van der Waals surface area contributed by atoms with Crippen LogP contribution in [0.5, 0.6) is 5.75 Å². The molecule has 3 N–H and O–H groups in total. The monoisotopic (exact) mass is 266 g/mol. The summed E-state index contributed by atoms with van der Waals surface area (Å²) in [7, 11) is 0. The van der Waals surface area contributed by atoms with Crippen LogP contribution in [0.15, 0.2) is 12.1 Å². The lowest BCUT2D eigenvalue weighted by Crippen LogP contribution is -2.26. The Kier molecular flexibility index (Phi) is 5.01. The lowest BCUT2D eigenvalue weighted by molar-refractivity contribution is -0.0174. The van der Waals surface area contributed by atoms with E-state index in [4.69, 9.17) is 20.3 Å². The molecule has 0 amide bonds. The molecule has 0 unspecified atom stereocenters. The molecule has 2 rings (SSSR count). The molecule has 106 valence electrons. The zero-order valence-electron chi connectivity index (χ0n) is 11.4. The number of aliphatic hydroxyl groups excluding tert-OH is 1. The van der Waals surface area contributed by atoms with Gasteiger partial charge in [0.15, 0.2) is 6.79 Å². The van der Waals surface area contributed by atoms with Crippen molar-refractivity contribution in [2.24, 2.45) is 0 Å². The number of nitrogens with zero attached hydrogens (tertiary/aromatic N) is 1. The Morgan fingerprint density at radius 2 is 2.26 bits per heavy atom. The van der Waals surface area contributed by atoms with Crippen LogP contribution in [0.3, 0.4) is 0 Å². The lowest BCUT2D eigenvalue weighted by Gasteiger charge is -2.25. The van der Waals surface area contributed by atoms with Crippen molar-refractivity contribution in [3.63, 3.8) is 0 Å². The standard InChI is InChI=1S/C14H22N2O3/c1-2-16(4-3-5-17)8-11-6-13(15)7-12-9-18-10-19-14(11)12/h6-7,17H,2-5,8-10,15H2,1H3. The van der Waals surface area contributed by atoms with Gasteiger partial charge in [0.1, 0.15) is 5.75 Å². The van der Waals surface area contributed by atoms with E-state index in [1.165, 1.54) is 0 Å². The molecular weight excluding hydrogens is 244 g/mol. The molecule has 0 aromatic heterocycles. The largest absolute Gasteiger partial charge is 0.467 e. The molecule has 0 bridgehead atoms. The van der Waals surface area contributed by atoms with Crippen LogP contribution in [0.2, 0.25) is 0 Å². The molecule has 5 nitrogen and oxygen atoms in total. The van der Waals surface area contributed by atoms with E-state index < -0.39 is 0 Å². The normalized spacial score (nSPS) is 14.3. The molecule has 0 saturated carbocycles. The number of nitrogens with two attached hydrogens (primary N) is 1. The summed E-state index contributed by atoms with van der Waals surface area (Å²) in [6, 6.07) is 3.87. The third kappa shape index (κ3) is 3.59. The molecular formula is C14H22N2O3. The lowest BCUT2D eigenvalue weighted by atomic mass is 10.1. The van der Waals surface area contributed by atoms with Gasteiger partial charge in [0.05, 0.1) is 6.61 Å². The number of hydrogen-bond acceptors (Lipinski definition) is 5. The second-order valence-electron chi connectivity index (χ2n) is 4.72. The van der Waals surface area contributed by atoms with Crippen LogP contribution >= 0.6 is 0 Å². The van der Waals surface area contributed by atoms with Crippen molar-refractivity contribution < 1.29 is 14.6 Å². The molecule has 0 saturated heterocycles. The average molecular weight is 266 g/mol. The summed E-state index contributed by atoms with van der Waals surface area (Å²) in [5.41, 5.74) is 8.78. The first-order chi connectivity index (χ1) is 9.24. The SMILES string of the molecule is CCN(CCCO)Cc1cc(N)cc2c1OCOC2. The number of aliphatic hydroxyl groups is 1. The fourth-order valence-corrected chi connectivity index (χ4v) is 2.33. The highest BCUT2D eigenvalue weighted by molar-refractivity contribution is 5.53. The Balaban J connectivity index is 2.16. The van der Waals surface area contributed by atoms with E-state index >= 15 is 0 Å². The number of benzene rings is 1. The van der Waals surface area contributed by atoms with Crippen LogP contribution in [0.1, 0.15) is 24.5 Å². The average Bonchev–Trinajstić information content (AvgIpc) is 2.43. The van der Waals surface area contributed by atoms with E-state index in [2.05, 4.69) is 11.8 Å². The molecule has 0 fully saturated rings. The van der Waals surface area contributed by atoms with Gasteiger partial charge in [-0.15, -0.1) is 0 Å². The van der Waals surface area contributed by atoms with Gasteiger partial charge in [-0.2, -0.15) is 0 Å². The highest BCUT2D eigenvalue weighted by Gasteiger charge is 2.17. The van der Waals surface area contributed by atoms with Crippen LogP contribution < -0.4 is 10.5 Å². The van der Waals surface area contributed by atoms with Crippen LogP contribution in [0.4, 0.5) is 5.69 Å². The van der Waals surface area contributed by atoms with E-state index in [1.807, 2.05) is 12.1 Å². The number of ether oxygens (including phenoxy) is 2. The summed E-state index contributed by atoms with van der Waals surface area (Å²) in [6.45, 7) is 5.76. The Morgan fingerprint density at radius 1 is 1.42 bits per heavy atom. The smallest absolute Gasteiger partial charge is 0.189 e. The molecule has 0 radical (unpaired) electrons. The summed E-state index contributed by atoms with van der Waals surface area (Å²) in [5, 5.41) is 8.93. The van der Waals surface area contributed by atoms with Crippen molar-refractivity contribution in [1.29, 1.82) is 0 Å². The first-order valence-electron chi connectivity index (χ1n) is 6.69. The minimum absolute atomic E-state index is 0.218. The van der Waals surface area contributed by atoms with Crippen molar-refractivity contribution in [2.75, 3.05) is 32.2 Å². The van der Waals surface area contributed by atoms with E-state index in [0.717, 1.165) is 48.6 Å². The topological polar surface area (TPSA) is 68.0 Å². The zero-order valence-corrected chi connectivity index (χ0v) is 11.4. The van der Waals surface area contributed by atoms with Gasteiger partial charge in [-0.25, -0.2) is 0 Å². The Morgan fingerprint density at radius 3 is 3.00 bits per heavy atom. The summed E-state index contributed by atoms with van der Waals surface area (Å²) in [4.78, 5) is 2.27. The van der Waals surface area contributed by atoms with Gasteiger partial charge in [-0.05, 0) is 25.1 Å². The predicted octanol–water partition coefficient (Wildman–Crippen LogP) is 1.34. The molecule has 1 heterocycles. The van der Waals surface area contributed by atoms with Crippen LogP contribution in [0.25, 0.3) is 0 Å². The van der Waals surface area contributed by atoms with Crippen molar-refractivity contribution in [3.8, 4) is 5.75 Å². The molecule has 1 aromatic carbocycles. The second kappa shape index (κ2) is 6.75. The Hall–Kier alpha value is -1.30. The number of nitrogen functional groups attached to an aromatic ring is 1. The maximum atomic E-state index is 8.93. The predicted molar refractivity (Wildman–Crippen MR) is 73.8 cm³/mol. The molecule has 1 aliphatic heterocycles. The minimum Gasteiger partial charge on any atom is -0.467 e. The second-order valence-corrected chi connectivity index (χ2v) is 4.72. The molecule has 19 heavy (non-hydrogen) atoms. The molecule has 0 aliphatic carbocycles. The Bertz CT molecular complexity index is 423. The number of rotatable bonds is 6. The van der Waals surface area contributed by atoms with Crippen LogP contribution in [-0.4, -0.2) is 36.5 Å². The first-order valence-corrected chi connectivity index (χ1v) is 6.69. The summed E-state index contributed by atoms with van der Waals surface area (Å²) >= 11 is 0. The fraction of sp³-hybridized carbons (Fsp3) is 0.571. The highest BCUT2D eigenvalue weighted by Crippen LogP contribution is 2.31. The van der Waals surface area contributed by atoms with Gasteiger partial charge < -0.3 is 20.3 Å². The summed E-state index contributed by atoms with van der Waals surface area (Å²) < 4.78 is 10.9. The summed E-state index contributed by atoms with van der Waals surface area (Å²) in [6.07, 6.45) is 0.780. The Labute approximate surface area is 113 Å². The van der Waals surface area contributed by atoms with Crippen molar-refractivity contribution >= 4 is 5.69 Å². The molecule has 0 atom stereocenters. The van der Waals surface area contributed by atoms with Crippen LogP contribution in [-0.2, 0) is 17.9 Å². The summed E-state index contributed by atoms with van der Waals surface area (Å²) in [5.74, 6) is 0.905. The van der Waals surface area contributed by atoms with Gasteiger partial charge in [0.2, 0.25) is 0 Å². The highest BCUT2D eigenvalue weighted by atomic mass is 16.7. The number of fused-ring (bicyclic) bond motifs is 1.